The van der Waals surface area contributed by atoms with Gasteiger partial charge in [0, 0.05) is 18.6 Å². The Kier molecular flexibility index (Phi) is 18.1. The molecule has 1 N–H and O–H groups in total. The van der Waals surface area contributed by atoms with Crippen LogP contribution < -0.4 is 21.5 Å². The molecule has 146 valence electrons. The number of hydrogen-bond donors (Lipinski definition) is 1. The van der Waals surface area contributed by atoms with Crippen LogP contribution in [0.4, 0.5) is 0 Å². The fraction of sp³-hybridized carbons (Fsp3) is 0.773. The zero-order valence-corrected chi connectivity index (χ0v) is 18.0. The lowest BCUT2D eigenvalue weighted by molar-refractivity contribution is -0.706. The lowest BCUT2D eigenvalue weighted by atomic mass is 10.0. The average Bonchev–Trinajstić information content (AvgIpc) is 2.62. The summed E-state index contributed by atoms with van der Waals surface area (Å²) in [5.41, 5.74) is 1.02. The third-order valence-electron chi connectivity index (χ3n) is 4.95. The standard InChI is InChI=1S/C22H40NO.BrH/c1-2-3-4-5-6-7-8-9-10-11-12-13-14-16-19-23-20-17-15-18-22(23)21-24;/h15,17-18,20,24H,2-14,16,19,21H2,1H3;1H/q+1;/p-1. The van der Waals surface area contributed by atoms with Crippen molar-refractivity contribution in [1.29, 1.82) is 0 Å². The molecule has 1 aromatic heterocycles. The van der Waals surface area contributed by atoms with Crippen LogP contribution in [-0.2, 0) is 13.2 Å². The molecule has 0 bridgehead atoms. The van der Waals surface area contributed by atoms with Crippen molar-refractivity contribution in [2.24, 2.45) is 0 Å². The molecule has 1 rings (SSSR count). The molecule has 0 amide bonds. The maximum absolute atomic E-state index is 9.31. The minimum Gasteiger partial charge on any atom is -1.00 e. The lowest BCUT2D eigenvalue weighted by Crippen LogP contribution is -3.00. The molecule has 0 aromatic carbocycles. The summed E-state index contributed by atoms with van der Waals surface area (Å²) >= 11 is 0. The second-order valence-electron chi connectivity index (χ2n) is 7.14. The van der Waals surface area contributed by atoms with Crippen LogP contribution in [0.15, 0.2) is 24.4 Å². The van der Waals surface area contributed by atoms with Crippen molar-refractivity contribution in [3.63, 3.8) is 0 Å². The molecule has 1 aromatic rings. The van der Waals surface area contributed by atoms with Gasteiger partial charge in [0.1, 0.15) is 13.2 Å². The van der Waals surface area contributed by atoms with Crippen molar-refractivity contribution in [1.82, 2.24) is 0 Å². The quantitative estimate of drug-likeness (QED) is 0.326. The summed E-state index contributed by atoms with van der Waals surface area (Å²) < 4.78 is 2.18. The molecular weight excluding hydrogens is 374 g/mol. The van der Waals surface area contributed by atoms with Crippen LogP contribution in [0.5, 0.6) is 0 Å². The van der Waals surface area contributed by atoms with Crippen LogP contribution in [-0.4, -0.2) is 5.11 Å². The van der Waals surface area contributed by atoms with E-state index in [4.69, 9.17) is 0 Å². The van der Waals surface area contributed by atoms with Gasteiger partial charge in [0.25, 0.3) is 0 Å². The molecule has 0 aliphatic heterocycles. The topological polar surface area (TPSA) is 24.1 Å². The highest BCUT2D eigenvalue weighted by molar-refractivity contribution is 4.95. The molecule has 0 saturated heterocycles. The van der Waals surface area contributed by atoms with Crippen molar-refractivity contribution in [2.45, 2.75) is 110 Å². The Labute approximate surface area is 166 Å². The Morgan fingerprint density at radius 3 is 1.68 bits per heavy atom. The molecule has 0 radical (unpaired) electrons. The van der Waals surface area contributed by atoms with Crippen LogP contribution in [0, 0.1) is 0 Å². The van der Waals surface area contributed by atoms with Crippen molar-refractivity contribution in [3.8, 4) is 0 Å². The van der Waals surface area contributed by atoms with E-state index < -0.39 is 0 Å². The van der Waals surface area contributed by atoms with Crippen LogP contribution in [0.2, 0.25) is 0 Å². The minimum absolute atomic E-state index is 0. The molecule has 3 heteroatoms. The number of aliphatic hydroxyl groups is 1. The van der Waals surface area contributed by atoms with Gasteiger partial charge in [-0.25, -0.2) is 4.57 Å². The van der Waals surface area contributed by atoms with E-state index in [1.807, 2.05) is 18.2 Å². The number of hydrogen-bond acceptors (Lipinski definition) is 1. The summed E-state index contributed by atoms with van der Waals surface area (Å²) in [4.78, 5) is 0. The molecule has 0 spiro atoms. The summed E-state index contributed by atoms with van der Waals surface area (Å²) in [5.74, 6) is 0. The fourth-order valence-corrected chi connectivity index (χ4v) is 3.35. The monoisotopic (exact) mass is 413 g/mol. The zero-order chi connectivity index (χ0) is 17.3. The number of halogens is 1. The van der Waals surface area contributed by atoms with Crippen LogP contribution in [0.25, 0.3) is 0 Å². The molecule has 25 heavy (non-hydrogen) atoms. The SMILES string of the molecule is CCCCCCCCCCCCCCCC[n+]1ccccc1CO.[Br-]. The first-order valence-electron chi connectivity index (χ1n) is 10.5. The Bertz CT molecular complexity index is 397. The third kappa shape index (κ3) is 13.5. The van der Waals surface area contributed by atoms with Gasteiger partial charge in [0.05, 0.1) is 0 Å². The maximum Gasteiger partial charge on any atom is 0.206 e. The highest BCUT2D eigenvalue weighted by Crippen LogP contribution is 2.12. The third-order valence-corrected chi connectivity index (χ3v) is 4.95. The van der Waals surface area contributed by atoms with Crippen molar-refractivity contribution in [3.05, 3.63) is 30.1 Å². The van der Waals surface area contributed by atoms with Gasteiger partial charge < -0.3 is 22.1 Å². The summed E-state index contributed by atoms with van der Waals surface area (Å²) in [7, 11) is 0. The molecule has 0 fully saturated rings. The number of aryl methyl sites for hydroxylation is 1. The average molecular weight is 414 g/mol. The van der Waals surface area contributed by atoms with Crippen LogP contribution in [0.3, 0.4) is 0 Å². The molecular formula is C22H40BrNO. The van der Waals surface area contributed by atoms with E-state index in [-0.39, 0.29) is 23.6 Å². The molecule has 1 heterocycles. The first-order valence-corrected chi connectivity index (χ1v) is 10.5. The first kappa shape index (κ1) is 24.6. The Morgan fingerprint density at radius 2 is 1.20 bits per heavy atom. The molecule has 0 unspecified atom stereocenters. The van der Waals surface area contributed by atoms with Gasteiger partial charge in [0.15, 0.2) is 6.20 Å². The highest BCUT2D eigenvalue weighted by Gasteiger charge is 2.06. The Hall–Kier alpha value is -0.410. The van der Waals surface area contributed by atoms with Crippen LogP contribution >= 0.6 is 0 Å². The fourth-order valence-electron chi connectivity index (χ4n) is 3.35. The number of pyridine rings is 1. The number of aromatic nitrogens is 1. The van der Waals surface area contributed by atoms with E-state index in [1.165, 1.54) is 89.9 Å². The second-order valence-corrected chi connectivity index (χ2v) is 7.14. The summed E-state index contributed by atoms with van der Waals surface area (Å²) in [6, 6.07) is 6.04. The van der Waals surface area contributed by atoms with Crippen molar-refractivity contribution in [2.75, 3.05) is 0 Å². The van der Waals surface area contributed by atoms with E-state index in [9.17, 15) is 5.11 Å². The number of unbranched alkanes of at least 4 members (excludes halogenated alkanes) is 13. The maximum atomic E-state index is 9.31. The van der Waals surface area contributed by atoms with E-state index in [1.54, 1.807) is 0 Å². The van der Waals surface area contributed by atoms with Gasteiger partial charge in [-0.05, 0) is 6.42 Å². The zero-order valence-electron chi connectivity index (χ0n) is 16.4. The number of nitrogens with zero attached hydrogens (tertiary/aromatic N) is 1. The Balaban J connectivity index is 0.00000576. The van der Waals surface area contributed by atoms with Crippen molar-refractivity contribution >= 4 is 0 Å². The normalized spacial score (nSPS) is 10.6. The van der Waals surface area contributed by atoms with E-state index >= 15 is 0 Å². The molecule has 0 aliphatic rings. The van der Waals surface area contributed by atoms with Gasteiger partial charge in [-0.3, -0.25) is 0 Å². The largest absolute Gasteiger partial charge is 1.00 e. The highest BCUT2D eigenvalue weighted by atomic mass is 79.9. The summed E-state index contributed by atoms with van der Waals surface area (Å²) in [6.07, 6.45) is 21.7. The summed E-state index contributed by atoms with van der Waals surface area (Å²) in [6.45, 7) is 3.46. The second kappa shape index (κ2) is 18.4. The smallest absolute Gasteiger partial charge is 0.206 e. The number of aliphatic hydroxyl groups excluding tert-OH is 1. The lowest BCUT2D eigenvalue weighted by Gasteiger charge is -2.03. The first-order chi connectivity index (χ1) is 11.9. The van der Waals surface area contributed by atoms with Crippen LogP contribution in [0.1, 0.15) is 103 Å². The van der Waals surface area contributed by atoms with Crippen molar-refractivity contribution < 1.29 is 26.7 Å². The predicted octanol–water partition coefficient (Wildman–Crippen LogP) is 2.95. The van der Waals surface area contributed by atoms with E-state index in [0.717, 1.165) is 12.2 Å². The van der Waals surface area contributed by atoms with E-state index in [0.29, 0.717) is 0 Å². The Morgan fingerprint density at radius 1 is 0.720 bits per heavy atom. The molecule has 0 saturated carbocycles. The molecule has 2 nitrogen and oxygen atoms in total. The summed E-state index contributed by atoms with van der Waals surface area (Å²) in [5, 5.41) is 9.31. The minimum atomic E-state index is 0. The van der Waals surface area contributed by atoms with E-state index in [2.05, 4.69) is 17.7 Å². The van der Waals surface area contributed by atoms with Gasteiger partial charge in [0.2, 0.25) is 5.69 Å². The predicted molar refractivity (Wildman–Crippen MR) is 103 cm³/mol. The van der Waals surface area contributed by atoms with Gasteiger partial charge in [-0.1, -0.05) is 90.0 Å². The van der Waals surface area contributed by atoms with Gasteiger partial charge >= 0.3 is 0 Å². The number of rotatable bonds is 16. The molecule has 0 atom stereocenters. The van der Waals surface area contributed by atoms with Gasteiger partial charge in [-0.15, -0.1) is 0 Å². The molecule has 0 aliphatic carbocycles. The van der Waals surface area contributed by atoms with Gasteiger partial charge in [-0.2, -0.15) is 0 Å².